The Morgan fingerprint density at radius 3 is 2.83 bits per heavy atom. The summed E-state index contributed by atoms with van der Waals surface area (Å²) in [4.78, 5) is 0. The first-order valence-corrected chi connectivity index (χ1v) is 3.78. The predicted octanol–water partition coefficient (Wildman–Crippen LogP) is 2.06. The van der Waals surface area contributed by atoms with Gasteiger partial charge in [-0.2, -0.15) is 0 Å². The third-order valence-electron chi connectivity index (χ3n) is 1.59. The Balaban J connectivity index is 2.73. The van der Waals surface area contributed by atoms with Crippen molar-refractivity contribution in [2.75, 3.05) is 13.6 Å². The average molecular weight is 171 g/mol. The van der Waals surface area contributed by atoms with Gasteiger partial charge in [-0.1, -0.05) is 12.1 Å². The van der Waals surface area contributed by atoms with Crippen molar-refractivity contribution in [3.63, 3.8) is 0 Å². The van der Waals surface area contributed by atoms with Gasteiger partial charge in [0.15, 0.2) is 0 Å². The van der Waals surface area contributed by atoms with Gasteiger partial charge in [0.25, 0.3) is 0 Å². The average Bonchev–Trinajstić information content (AvgIpc) is 2.05. The zero-order valence-corrected chi connectivity index (χ0v) is 6.85. The Morgan fingerprint density at radius 1 is 1.50 bits per heavy atom. The Bertz CT molecular complexity index is 250. The lowest BCUT2D eigenvalue weighted by molar-refractivity contribution is 0.334. The number of halogens is 2. The highest BCUT2D eigenvalue weighted by atomic mass is 19.1. The fourth-order valence-corrected chi connectivity index (χ4v) is 0.998. The fraction of sp³-hybridized carbons (Fsp3) is 0.333. The summed E-state index contributed by atoms with van der Waals surface area (Å²) in [5.41, 5.74) is 0.379. The van der Waals surface area contributed by atoms with Crippen LogP contribution in [0.15, 0.2) is 24.3 Å². The van der Waals surface area contributed by atoms with Crippen LogP contribution in [0.2, 0.25) is 0 Å². The van der Waals surface area contributed by atoms with Crippen LogP contribution in [0.5, 0.6) is 0 Å². The molecule has 0 bridgehead atoms. The van der Waals surface area contributed by atoms with Crippen molar-refractivity contribution in [3.8, 4) is 0 Å². The second-order valence-electron chi connectivity index (χ2n) is 2.58. The Kier molecular flexibility index (Phi) is 3.17. The highest BCUT2D eigenvalue weighted by molar-refractivity contribution is 5.18. The highest BCUT2D eigenvalue weighted by Gasteiger charge is 2.07. The van der Waals surface area contributed by atoms with E-state index in [1.807, 2.05) is 0 Å². The predicted molar refractivity (Wildman–Crippen MR) is 44.2 cm³/mol. The van der Waals surface area contributed by atoms with Crippen molar-refractivity contribution in [2.24, 2.45) is 0 Å². The number of hydrogen-bond donors (Lipinski definition) is 1. The molecule has 1 unspecified atom stereocenters. The quantitative estimate of drug-likeness (QED) is 0.734. The molecule has 1 N–H and O–H groups in total. The normalized spacial score (nSPS) is 12.9. The van der Waals surface area contributed by atoms with Gasteiger partial charge in [0.05, 0.1) is 0 Å². The molecule has 0 fully saturated rings. The summed E-state index contributed by atoms with van der Waals surface area (Å²) >= 11 is 0. The minimum Gasteiger partial charge on any atom is -0.317 e. The van der Waals surface area contributed by atoms with E-state index in [1.165, 1.54) is 18.2 Å². The summed E-state index contributed by atoms with van der Waals surface area (Å²) in [6.45, 7) is 0.212. The minimum absolute atomic E-state index is 0.212. The molecule has 0 radical (unpaired) electrons. The van der Waals surface area contributed by atoms with Crippen molar-refractivity contribution in [2.45, 2.75) is 6.17 Å². The SMILES string of the molecule is CNCC(F)c1cccc(F)c1. The third-order valence-corrected chi connectivity index (χ3v) is 1.59. The molecule has 1 aromatic carbocycles. The molecule has 0 spiro atoms. The van der Waals surface area contributed by atoms with Gasteiger partial charge in [0.2, 0.25) is 0 Å². The maximum Gasteiger partial charge on any atom is 0.138 e. The summed E-state index contributed by atoms with van der Waals surface area (Å²) in [6, 6.07) is 5.59. The molecule has 1 aromatic rings. The monoisotopic (exact) mass is 171 g/mol. The van der Waals surface area contributed by atoms with Gasteiger partial charge in [0, 0.05) is 6.54 Å². The molecule has 0 aromatic heterocycles. The molecule has 0 aliphatic carbocycles. The highest BCUT2D eigenvalue weighted by Crippen LogP contribution is 2.16. The molecule has 1 nitrogen and oxygen atoms in total. The molecule has 0 saturated carbocycles. The second kappa shape index (κ2) is 4.16. The number of likely N-dealkylation sites (N-methyl/N-ethyl adjacent to an activating group) is 1. The van der Waals surface area contributed by atoms with Gasteiger partial charge in [-0.05, 0) is 24.7 Å². The standard InChI is InChI=1S/C9H11F2N/c1-12-6-9(11)7-3-2-4-8(10)5-7/h2-5,9,12H,6H2,1H3. The Hall–Kier alpha value is -0.960. The Morgan fingerprint density at radius 2 is 2.25 bits per heavy atom. The number of rotatable bonds is 3. The molecule has 0 aliphatic heterocycles. The van der Waals surface area contributed by atoms with E-state index in [-0.39, 0.29) is 6.54 Å². The van der Waals surface area contributed by atoms with Crippen molar-refractivity contribution >= 4 is 0 Å². The Labute approximate surface area is 70.4 Å². The minimum atomic E-state index is -1.13. The van der Waals surface area contributed by atoms with Crippen molar-refractivity contribution in [1.82, 2.24) is 5.32 Å². The van der Waals surface area contributed by atoms with Crippen molar-refractivity contribution in [3.05, 3.63) is 35.6 Å². The van der Waals surface area contributed by atoms with Crippen LogP contribution in [0.3, 0.4) is 0 Å². The molecule has 0 amide bonds. The largest absolute Gasteiger partial charge is 0.317 e. The van der Waals surface area contributed by atoms with E-state index in [9.17, 15) is 8.78 Å². The van der Waals surface area contributed by atoms with E-state index in [0.717, 1.165) is 0 Å². The summed E-state index contributed by atoms with van der Waals surface area (Å²) in [5.74, 6) is -0.397. The van der Waals surface area contributed by atoms with Gasteiger partial charge in [0.1, 0.15) is 12.0 Å². The third kappa shape index (κ3) is 2.27. The first-order valence-electron chi connectivity index (χ1n) is 3.78. The number of alkyl halides is 1. The first kappa shape index (κ1) is 9.13. The van der Waals surface area contributed by atoms with Crippen molar-refractivity contribution in [1.29, 1.82) is 0 Å². The van der Waals surface area contributed by atoms with E-state index in [0.29, 0.717) is 5.56 Å². The fourth-order valence-electron chi connectivity index (χ4n) is 0.998. The zero-order valence-electron chi connectivity index (χ0n) is 6.85. The molecule has 1 atom stereocenters. The molecular formula is C9H11F2N. The van der Waals surface area contributed by atoms with E-state index < -0.39 is 12.0 Å². The van der Waals surface area contributed by atoms with E-state index >= 15 is 0 Å². The number of hydrogen-bond acceptors (Lipinski definition) is 1. The van der Waals surface area contributed by atoms with E-state index in [4.69, 9.17) is 0 Å². The van der Waals surface area contributed by atoms with Gasteiger partial charge >= 0.3 is 0 Å². The van der Waals surface area contributed by atoms with Gasteiger partial charge < -0.3 is 5.32 Å². The molecule has 0 aliphatic rings. The summed E-state index contributed by atoms with van der Waals surface area (Å²) < 4.78 is 25.7. The van der Waals surface area contributed by atoms with Crippen molar-refractivity contribution < 1.29 is 8.78 Å². The molecule has 66 valence electrons. The van der Waals surface area contributed by atoms with E-state index in [1.54, 1.807) is 13.1 Å². The lowest BCUT2D eigenvalue weighted by atomic mass is 10.1. The lowest BCUT2D eigenvalue weighted by Crippen LogP contribution is -2.13. The summed E-state index contributed by atoms with van der Waals surface area (Å²) in [6.07, 6.45) is -1.13. The lowest BCUT2D eigenvalue weighted by Gasteiger charge is -2.06. The van der Waals surface area contributed by atoms with Crippen LogP contribution in [0.4, 0.5) is 8.78 Å². The molecule has 12 heavy (non-hydrogen) atoms. The van der Waals surface area contributed by atoms with E-state index in [2.05, 4.69) is 5.32 Å². The van der Waals surface area contributed by atoms with Crippen LogP contribution >= 0.6 is 0 Å². The number of nitrogens with one attached hydrogen (secondary N) is 1. The van der Waals surface area contributed by atoms with Crippen LogP contribution in [0, 0.1) is 5.82 Å². The van der Waals surface area contributed by atoms with Gasteiger partial charge in [-0.25, -0.2) is 8.78 Å². The van der Waals surface area contributed by atoms with Crippen LogP contribution in [-0.4, -0.2) is 13.6 Å². The second-order valence-corrected chi connectivity index (χ2v) is 2.58. The molecule has 0 saturated heterocycles. The van der Waals surface area contributed by atoms with Gasteiger partial charge in [-0.3, -0.25) is 0 Å². The maximum atomic E-state index is 13.1. The summed E-state index contributed by atoms with van der Waals surface area (Å²) in [7, 11) is 1.66. The van der Waals surface area contributed by atoms with Crippen LogP contribution in [0.1, 0.15) is 11.7 Å². The van der Waals surface area contributed by atoms with Crippen LogP contribution in [0.25, 0.3) is 0 Å². The molecule has 1 rings (SSSR count). The number of benzene rings is 1. The molecular weight excluding hydrogens is 160 g/mol. The molecule has 0 heterocycles. The molecule has 3 heteroatoms. The zero-order chi connectivity index (χ0) is 8.97. The summed E-state index contributed by atoms with van der Waals surface area (Å²) in [5, 5.41) is 2.69. The van der Waals surface area contributed by atoms with Crippen LogP contribution < -0.4 is 5.32 Å². The first-order chi connectivity index (χ1) is 5.74. The smallest absolute Gasteiger partial charge is 0.138 e. The topological polar surface area (TPSA) is 12.0 Å². The van der Waals surface area contributed by atoms with Crippen LogP contribution in [-0.2, 0) is 0 Å². The maximum absolute atomic E-state index is 13.1. The van der Waals surface area contributed by atoms with Gasteiger partial charge in [-0.15, -0.1) is 0 Å².